The molecule has 2 aliphatic heterocycles. The van der Waals surface area contributed by atoms with E-state index in [-0.39, 0.29) is 6.10 Å². The zero-order valence-electron chi connectivity index (χ0n) is 15.9. The smallest absolute Gasteiger partial charge is 0.248 e. The van der Waals surface area contributed by atoms with E-state index in [0.717, 1.165) is 54.2 Å². The van der Waals surface area contributed by atoms with Crippen LogP contribution in [-0.4, -0.2) is 40.8 Å². The third-order valence-corrected chi connectivity index (χ3v) is 5.06. The molecule has 4 N–H and O–H groups in total. The van der Waals surface area contributed by atoms with Crippen LogP contribution in [0.4, 0.5) is 5.82 Å². The normalized spacial score (nSPS) is 18.2. The minimum atomic E-state index is -0.449. The van der Waals surface area contributed by atoms with Crippen LogP contribution in [0.2, 0.25) is 0 Å². The maximum absolute atomic E-state index is 11.3. The molecule has 2 aliphatic rings. The van der Waals surface area contributed by atoms with Crippen LogP contribution in [0, 0.1) is 0 Å². The molecule has 2 aromatic rings. The van der Waals surface area contributed by atoms with Crippen molar-refractivity contribution in [2.45, 2.75) is 38.8 Å². The summed E-state index contributed by atoms with van der Waals surface area (Å²) in [5.41, 5.74) is 9.87. The van der Waals surface area contributed by atoms with E-state index < -0.39 is 5.91 Å². The molecule has 3 heterocycles. The number of anilines is 1. The highest BCUT2D eigenvalue weighted by Gasteiger charge is 2.22. The van der Waals surface area contributed by atoms with Gasteiger partial charge in [0.25, 0.3) is 0 Å². The number of fused-ring (bicyclic) bond motifs is 1. The molecule has 1 aromatic carbocycles. The Morgan fingerprint density at radius 3 is 2.86 bits per heavy atom. The number of benzene rings is 1. The van der Waals surface area contributed by atoms with Gasteiger partial charge in [0, 0.05) is 29.7 Å². The van der Waals surface area contributed by atoms with Gasteiger partial charge in [-0.05, 0) is 31.5 Å². The van der Waals surface area contributed by atoms with E-state index in [1.807, 2.05) is 12.1 Å². The number of nitrogens with one attached hydrogen (secondary N) is 2. The Kier molecular flexibility index (Phi) is 5.21. The Balaban J connectivity index is 1.58. The Hall–Kier alpha value is -3.00. The molecule has 0 fully saturated rings. The molecule has 146 valence electrons. The maximum Gasteiger partial charge on any atom is 0.248 e. The monoisotopic (exact) mass is 380 g/mol. The number of amides is 1. The Bertz CT molecular complexity index is 910. The van der Waals surface area contributed by atoms with E-state index in [9.17, 15) is 4.79 Å². The Morgan fingerprint density at radius 1 is 1.32 bits per heavy atom. The second kappa shape index (κ2) is 7.93. The number of carbonyl (C=O) groups excluding carboxylic acids is 1. The number of hydrogen-bond acceptors (Lipinski definition) is 7. The standard InChI is InChI=1S/C20H24N6O2/c1-2-14-9-15(28-26-14)10-23-20-16-7-8-22-11-17(16)24-19(25-20)13-5-3-12(4-6-13)18(21)27/h3-6,15,22H,2,7-11H2,1H3,(H2,21,27)(H,23,24,25). The predicted octanol–water partition coefficient (Wildman–Crippen LogP) is 1.85. The quantitative estimate of drug-likeness (QED) is 0.705. The molecular weight excluding hydrogens is 356 g/mol. The van der Waals surface area contributed by atoms with Crippen molar-refractivity contribution in [1.29, 1.82) is 0 Å². The summed E-state index contributed by atoms with van der Waals surface area (Å²) in [5.74, 6) is 1.02. The first kappa shape index (κ1) is 18.4. The van der Waals surface area contributed by atoms with Gasteiger partial charge in [-0.25, -0.2) is 9.97 Å². The number of oxime groups is 1. The summed E-state index contributed by atoms with van der Waals surface area (Å²) in [6, 6.07) is 7.04. The van der Waals surface area contributed by atoms with Crippen molar-refractivity contribution in [2.24, 2.45) is 10.9 Å². The highest BCUT2D eigenvalue weighted by molar-refractivity contribution is 5.93. The lowest BCUT2D eigenvalue weighted by molar-refractivity contribution is 0.0948. The fourth-order valence-electron chi connectivity index (χ4n) is 3.43. The van der Waals surface area contributed by atoms with E-state index in [4.69, 9.17) is 20.5 Å². The minimum absolute atomic E-state index is 0.0283. The SMILES string of the molecule is CCC1=NOC(CNc2nc(-c3ccc(C(N)=O)cc3)nc3c2CCNC3)C1. The van der Waals surface area contributed by atoms with E-state index in [1.54, 1.807) is 12.1 Å². The molecule has 1 aromatic heterocycles. The highest BCUT2D eigenvalue weighted by Crippen LogP contribution is 2.26. The van der Waals surface area contributed by atoms with Crippen LogP contribution >= 0.6 is 0 Å². The van der Waals surface area contributed by atoms with Crippen molar-refractivity contribution in [3.05, 3.63) is 41.1 Å². The molecule has 0 spiro atoms. The predicted molar refractivity (Wildman–Crippen MR) is 107 cm³/mol. The van der Waals surface area contributed by atoms with Crippen molar-refractivity contribution in [3.8, 4) is 11.4 Å². The number of rotatable bonds is 6. The zero-order chi connectivity index (χ0) is 19.5. The van der Waals surface area contributed by atoms with Crippen LogP contribution in [0.1, 0.15) is 41.4 Å². The van der Waals surface area contributed by atoms with E-state index in [0.29, 0.717) is 24.5 Å². The number of aromatic nitrogens is 2. The highest BCUT2D eigenvalue weighted by atomic mass is 16.6. The third kappa shape index (κ3) is 3.82. The van der Waals surface area contributed by atoms with Gasteiger partial charge in [-0.1, -0.05) is 24.2 Å². The lowest BCUT2D eigenvalue weighted by atomic mass is 10.1. The number of carbonyl (C=O) groups is 1. The summed E-state index contributed by atoms with van der Waals surface area (Å²) in [6.45, 7) is 4.34. The largest absolute Gasteiger partial charge is 0.390 e. The summed E-state index contributed by atoms with van der Waals surface area (Å²) < 4.78 is 0. The third-order valence-electron chi connectivity index (χ3n) is 5.06. The number of hydrogen-bond donors (Lipinski definition) is 3. The molecule has 0 saturated carbocycles. The Labute approximate surface area is 163 Å². The van der Waals surface area contributed by atoms with Gasteiger partial charge >= 0.3 is 0 Å². The van der Waals surface area contributed by atoms with Crippen molar-refractivity contribution in [1.82, 2.24) is 15.3 Å². The summed E-state index contributed by atoms with van der Waals surface area (Å²) in [5, 5.41) is 10.9. The number of nitrogens with two attached hydrogens (primary N) is 1. The molecule has 0 bridgehead atoms. The molecular formula is C20H24N6O2. The molecule has 0 radical (unpaired) electrons. The van der Waals surface area contributed by atoms with Crippen molar-refractivity contribution < 1.29 is 9.63 Å². The Morgan fingerprint density at radius 2 is 2.14 bits per heavy atom. The summed E-state index contributed by atoms with van der Waals surface area (Å²) >= 11 is 0. The zero-order valence-corrected chi connectivity index (χ0v) is 15.9. The molecule has 0 saturated heterocycles. The van der Waals surface area contributed by atoms with Gasteiger partial charge in [-0.3, -0.25) is 4.79 Å². The van der Waals surface area contributed by atoms with Gasteiger partial charge in [-0.2, -0.15) is 0 Å². The molecule has 1 unspecified atom stereocenters. The molecule has 0 aliphatic carbocycles. The lowest BCUT2D eigenvalue weighted by Crippen LogP contribution is -2.28. The van der Waals surface area contributed by atoms with Crippen molar-refractivity contribution in [2.75, 3.05) is 18.4 Å². The number of nitrogens with zero attached hydrogens (tertiary/aromatic N) is 3. The van der Waals surface area contributed by atoms with Crippen LogP contribution in [0.25, 0.3) is 11.4 Å². The summed E-state index contributed by atoms with van der Waals surface area (Å²) in [7, 11) is 0. The van der Waals surface area contributed by atoms with E-state index >= 15 is 0 Å². The van der Waals surface area contributed by atoms with Crippen LogP contribution < -0.4 is 16.4 Å². The average Bonchev–Trinajstić information content (AvgIpc) is 3.20. The first-order chi connectivity index (χ1) is 13.6. The van der Waals surface area contributed by atoms with Crippen molar-refractivity contribution >= 4 is 17.4 Å². The second-order valence-corrected chi connectivity index (χ2v) is 7.01. The first-order valence-corrected chi connectivity index (χ1v) is 9.60. The van der Waals surface area contributed by atoms with E-state index in [1.165, 1.54) is 0 Å². The van der Waals surface area contributed by atoms with Gasteiger partial charge in [-0.15, -0.1) is 0 Å². The molecule has 4 rings (SSSR count). The summed E-state index contributed by atoms with van der Waals surface area (Å²) in [6.07, 6.45) is 2.66. The first-order valence-electron chi connectivity index (χ1n) is 9.60. The van der Waals surface area contributed by atoms with Gasteiger partial charge in [0.05, 0.1) is 18.0 Å². The molecule has 8 nitrogen and oxygen atoms in total. The van der Waals surface area contributed by atoms with Crippen LogP contribution in [-0.2, 0) is 17.8 Å². The molecule has 1 atom stereocenters. The van der Waals surface area contributed by atoms with Crippen molar-refractivity contribution in [3.63, 3.8) is 0 Å². The molecule has 28 heavy (non-hydrogen) atoms. The van der Waals surface area contributed by atoms with Gasteiger partial charge < -0.3 is 21.2 Å². The van der Waals surface area contributed by atoms with Gasteiger partial charge in [0.1, 0.15) is 11.9 Å². The maximum atomic E-state index is 11.3. The average molecular weight is 380 g/mol. The fraction of sp³-hybridized carbons (Fsp3) is 0.400. The minimum Gasteiger partial charge on any atom is -0.390 e. The van der Waals surface area contributed by atoms with E-state index in [2.05, 4.69) is 22.7 Å². The fourth-order valence-corrected chi connectivity index (χ4v) is 3.43. The topological polar surface area (TPSA) is 115 Å². The van der Waals surface area contributed by atoms with Crippen LogP contribution in [0.5, 0.6) is 0 Å². The van der Waals surface area contributed by atoms with Gasteiger partial charge in [0.2, 0.25) is 5.91 Å². The molecule has 8 heteroatoms. The lowest BCUT2D eigenvalue weighted by Gasteiger charge is -2.21. The van der Waals surface area contributed by atoms with Crippen LogP contribution in [0.3, 0.4) is 0 Å². The molecule has 1 amide bonds. The van der Waals surface area contributed by atoms with Crippen LogP contribution in [0.15, 0.2) is 29.4 Å². The summed E-state index contributed by atoms with van der Waals surface area (Å²) in [4.78, 5) is 26.3. The second-order valence-electron chi connectivity index (χ2n) is 7.01. The van der Waals surface area contributed by atoms with Gasteiger partial charge in [0.15, 0.2) is 5.82 Å². The number of primary amides is 1.